The quantitative estimate of drug-likeness (QED) is 0.483. The van der Waals surface area contributed by atoms with Crippen LogP contribution in [0.1, 0.15) is 42.0 Å². The van der Waals surface area contributed by atoms with Gasteiger partial charge in [-0.15, -0.1) is 0 Å². The van der Waals surface area contributed by atoms with E-state index in [9.17, 15) is 26.3 Å². The standard InChI is InChI=1S/C18H25N5O.2C2HF3O2/c1-12-17(15-6-7-19-10-13(15)11-20-12)18-21-16(24-22-18)9-14-5-3-4-8-23(14)2;2*3-2(4,5)1(6)7/h11,14,19H,3-10H2,1-2H3;2*(H,6,7). The Labute approximate surface area is 213 Å². The third-order valence-electron chi connectivity index (χ3n) is 5.84. The summed E-state index contributed by atoms with van der Waals surface area (Å²) in [5.74, 6) is -4.07. The number of aryl methyl sites for hydroxylation is 1. The second kappa shape index (κ2) is 13.0. The van der Waals surface area contributed by atoms with Gasteiger partial charge < -0.3 is 25.0 Å². The number of piperidine rings is 1. The van der Waals surface area contributed by atoms with Gasteiger partial charge in [0.2, 0.25) is 11.7 Å². The molecule has 1 saturated heterocycles. The van der Waals surface area contributed by atoms with E-state index in [0.29, 0.717) is 11.9 Å². The number of hydrogen-bond acceptors (Lipinski definition) is 8. The maximum Gasteiger partial charge on any atom is 0.490 e. The highest BCUT2D eigenvalue weighted by Gasteiger charge is 2.38. The lowest BCUT2D eigenvalue weighted by Gasteiger charge is -2.31. The second-order valence-electron chi connectivity index (χ2n) is 8.60. The highest BCUT2D eigenvalue weighted by atomic mass is 19.4. The number of carbonyl (C=O) groups is 2. The molecule has 4 rings (SSSR count). The van der Waals surface area contributed by atoms with Crippen molar-refractivity contribution >= 4 is 11.9 Å². The Morgan fingerprint density at radius 1 is 1.13 bits per heavy atom. The molecule has 212 valence electrons. The first kappa shape index (κ1) is 31.0. The SMILES string of the molecule is Cc1ncc2c(c1-c1noc(CC3CCCCN3C)n1)CCNC2.O=C(O)C(F)(F)F.O=C(O)C(F)(F)F. The van der Waals surface area contributed by atoms with E-state index in [-0.39, 0.29) is 0 Å². The molecule has 1 unspecified atom stereocenters. The number of rotatable bonds is 3. The molecule has 2 aromatic rings. The molecule has 2 aliphatic rings. The maximum atomic E-state index is 10.6. The Bertz CT molecular complexity index is 1080. The fraction of sp³-hybridized carbons (Fsp3) is 0.591. The van der Waals surface area contributed by atoms with E-state index in [2.05, 4.69) is 27.4 Å². The first-order valence-electron chi connectivity index (χ1n) is 11.4. The van der Waals surface area contributed by atoms with Crippen molar-refractivity contribution < 1.29 is 50.7 Å². The highest BCUT2D eigenvalue weighted by molar-refractivity contribution is 5.73. The van der Waals surface area contributed by atoms with Crippen LogP contribution in [-0.2, 0) is 29.0 Å². The van der Waals surface area contributed by atoms with Gasteiger partial charge in [-0.3, -0.25) is 4.98 Å². The zero-order valence-corrected chi connectivity index (χ0v) is 20.5. The number of nitrogens with one attached hydrogen (secondary N) is 1. The zero-order chi connectivity index (χ0) is 28.7. The lowest BCUT2D eigenvalue weighted by molar-refractivity contribution is -0.193. The lowest BCUT2D eigenvalue weighted by Crippen LogP contribution is -2.37. The van der Waals surface area contributed by atoms with Gasteiger partial charge in [0.05, 0.1) is 0 Å². The van der Waals surface area contributed by atoms with E-state index in [4.69, 9.17) is 29.3 Å². The van der Waals surface area contributed by atoms with Crippen molar-refractivity contribution in [3.8, 4) is 11.4 Å². The molecular formula is C22H27F6N5O5. The Morgan fingerprint density at radius 3 is 2.29 bits per heavy atom. The molecule has 10 nitrogen and oxygen atoms in total. The van der Waals surface area contributed by atoms with Gasteiger partial charge in [0, 0.05) is 36.5 Å². The van der Waals surface area contributed by atoms with E-state index in [1.54, 1.807) is 0 Å². The van der Waals surface area contributed by atoms with Crippen LogP contribution in [0.15, 0.2) is 10.7 Å². The summed E-state index contributed by atoms with van der Waals surface area (Å²) in [6.45, 7) is 5.05. The molecule has 0 aliphatic carbocycles. The predicted octanol–water partition coefficient (Wildman–Crippen LogP) is 3.38. The first-order valence-corrected chi connectivity index (χ1v) is 11.4. The monoisotopic (exact) mass is 555 g/mol. The van der Waals surface area contributed by atoms with Crippen molar-refractivity contribution in [3.63, 3.8) is 0 Å². The van der Waals surface area contributed by atoms with Crippen molar-refractivity contribution in [1.82, 2.24) is 25.3 Å². The van der Waals surface area contributed by atoms with Gasteiger partial charge in [-0.25, -0.2) is 9.59 Å². The van der Waals surface area contributed by atoms with E-state index >= 15 is 0 Å². The minimum Gasteiger partial charge on any atom is -0.475 e. The summed E-state index contributed by atoms with van der Waals surface area (Å²) in [4.78, 5) is 29.5. The molecule has 1 fully saturated rings. The van der Waals surface area contributed by atoms with Gasteiger partial charge >= 0.3 is 24.3 Å². The topological polar surface area (TPSA) is 142 Å². The molecule has 4 heterocycles. The number of alkyl halides is 6. The summed E-state index contributed by atoms with van der Waals surface area (Å²) in [5, 5.41) is 21.9. The number of nitrogens with zero attached hydrogens (tertiary/aromatic N) is 4. The van der Waals surface area contributed by atoms with Crippen LogP contribution >= 0.6 is 0 Å². The number of halogens is 6. The van der Waals surface area contributed by atoms with Crippen molar-refractivity contribution in [2.75, 3.05) is 20.1 Å². The summed E-state index contributed by atoms with van der Waals surface area (Å²) in [7, 11) is 2.19. The van der Waals surface area contributed by atoms with Crippen LogP contribution in [0.5, 0.6) is 0 Å². The minimum atomic E-state index is -5.08. The number of pyridine rings is 1. The summed E-state index contributed by atoms with van der Waals surface area (Å²) >= 11 is 0. The number of fused-ring (bicyclic) bond motifs is 1. The fourth-order valence-electron chi connectivity index (χ4n) is 3.91. The Morgan fingerprint density at radius 2 is 1.74 bits per heavy atom. The highest BCUT2D eigenvalue weighted by Crippen LogP contribution is 2.29. The van der Waals surface area contributed by atoms with E-state index in [1.807, 2.05) is 13.1 Å². The van der Waals surface area contributed by atoms with Gasteiger partial charge in [0.1, 0.15) is 0 Å². The molecule has 1 atom stereocenters. The van der Waals surface area contributed by atoms with Gasteiger partial charge in [0.25, 0.3) is 0 Å². The average Bonchev–Trinajstić information content (AvgIpc) is 3.28. The van der Waals surface area contributed by atoms with E-state index in [0.717, 1.165) is 49.6 Å². The normalized spacial score (nSPS) is 17.8. The van der Waals surface area contributed by atoms with Crippen molar-refractivity contribution in [1.29, 1.82) is 0 Å². The largest absolute Gasteiger partial charge is 0.490 e. The number of carboxylic acids is 2. The molecule has 0 aromatic carbocycles. The zero-order valence-electron chi connectivity index (χ0n) is 20.5. The van der Waals surface area contributed by atoms with Crippen LogP contribution in [0.3, 0.4) is 0 Å². The third kappa shape index (κ3) is 8.93. The van der Waals surface area contributed by atoms with Crippen LogP contribution in [0.2, 0.25) is 0 Å². The van der Waals surface area contributed by atoms with Crippen molar-refractivity contribution in [2.24, 2.45) is 0 Å². The number of carboxylic acid groups (broad SMARTS) is 2. The fourth-order valence-corrected chi connectivity index (χ4v) is 3.91. The molecule has 38 heavy (non-hydrogen) atoms. The Balaban J connectivity index is 0.000000301. The first-order chi connectivity index (χ1) is 17.6. The summed E-state index contributed by atoms with van der Waals surface area (Å²) < 4.78 is 69.1. The average molecular weight is 555 g/mol. The summed E-state index contributed by atoms with van der Waals surface area (Å²) in [5.41, 5.74) is 4.63. The van der Waals surface area contributed by atoms with Crippen LogP contribution in [0.4, 0.5) is 26.3 Å². The Kier molecular flexibility index (Phi) is 10.6. The molecule has 3 N–H and O–H groups in total. The van der Waals surface area contributed by atoms with Crippen LogP contribution in [-0.4, -0.2) is 80.7 Å². The smallest absolute Gasteiger partial charge is 0.475 e. The Hall–Kier alpha value is -3.27. The van der Waals surface area contributed by atoms with Gasteiger partial charge in [0.15, 0.2) is 0 Å². The van der Waals surface area contributed by atoms with Gasteiger partial charge in [-0.1, -0.05) is 11.6 Å². The maximum absolute atomic E-state index is 10.6. The number of likely N-dealkylation sites (N-methyl/N-ethyl adjacent to an activating group) is 1. The molecule has 16 heteroatoms. The second-order valence-corrected chi connectivity index (χ2v) is 8.60. The van der Waals surface area contributed by atoms with Gasteiger partial charge in [-0.05, 0) is 57.5 Å². The van der Waals surface area contributed by atoms with Crippen molar-refractivity contribution in [3.05, 3.63) is 28.9 Å². The molecular weight excluding hydrogens is 528 g/mol. The molecule has 0 spiro atoms. The molecule has 0 bridgehead atoms. The summed E-state index contributed by atoms with van der Waals surface area (Å²) in [6.07, 6.45) is -2.58. The third-order valence-corrected chi connectivity index (χ3v) is 5.84. The molecule has 0 amide bonds. The van der Waals surface area contributed by atoms with E-state index in [1.165, 1.54) is 30.4 Å². The van der Waals surface area contributed by atoms with Crippen molar-refractivity contribution in [2.45, 2.75) is 64.0 Å². The van der Waals surface area contributed by atoms with Crippen LogP contribution in [0.25, 0.3) is 11.4 Å². The summed E-state index contributed by atoms with van der Waals surface area (Å²) in [6, 6.07) is 0.514. The minimum absolute atomic E-state index is 0.514. The number of hydrogen-bond donors (Lipinski definition) is 3. The van der Waals surface area contributed by atoms with E-state index < -0.39 is 24.3 Å². The molecule has 2 aromatic heterocycles. The number of aliphatic carboxylic acids is 2. The molecule has 0 radical (unpaired) electrons. The van der Waals surface area contributed by atoms with Gasteiger partial charge in [-0.2, -0.15) is 31.3 Å². The molecule has 2 aliphatic heterocycles. The predicted molar refractivity (Wildman–Crippen MR) is 119 cm³/mol. The molecule has 0 saturated carbocycles. The van der Waals surface area contributed by atoms with Crippen LogP contribution in [0, 0.1) is 6.92 Å². The number of aromatic nitrogens is 3. The lowest BCUT2D eigenvalue weighted by atomic mass is 9.95. The van der Waals surface area contributed by atoms with Crippen LogP contribution < -0.4 is 5.32 Å². The number of likely N-dealkylation sites (tertiary alicyclic amines) is 1.